The summed E-state index contributed by atoms with van der Waals surface area (Å²) in [6, 6.07) is 9.86. The van der Waals surface area contributed by atoms with Gasteiger partial charge in [0, 0.05) is 29.4 Å². The van der Waals surface area contributed by atoms with Crippen LogP contribution in [0.5, 0.6) is 0 Å². The van der Waals surface area contributed by atoms with Gasteiger partial charge in [0.05, 0.1) is 9.90 Å². The number of benzene rings is 1. The predicted molar refractivity (Wildman–Crippen MR) is 137 cm³/mol. The van der Waals surface area contributed by atoms with Crippen molar-refractivity contribution in [3.05, 3.63) is 56.9 Å². The fourth-order valence-electron chi connectivity index (χ4n) is 4.11. The van der Waals surface area contributed by atoms with E-state index < -0.39 is 0 Å². The molecule has 0 spiro atoms. The lowest BCUT2D eigenvalue weighted by Gasteiger charge is -2.29. The van der Waals surface area contributed by atoms with Crippen LogP contribution in [0, 0.1) is 5.92 Å². The van der Waals surface area contributed by atoms with Crippen LogP contribution in [0.2, 0.25) is 5.02 Å². The number of nitrogens with one attached hydrogen (secondary N) is 1. The number of ketones is 1. The summed E-state index contributed by atoms with van der Waals surface area (Å²) in [7, 11) is 2.18. The highest BCUT2D eigenvalue weighted by Gasteiger charge is 2.17. The van der Waals surface area contributed by atoms with E-state index in [9.17, 15) is 4.79 Å². The Labute approximate surface area is 200 Å². The van der Waals surface area contributed by atoms with Crippen molar-refractivity contribution in [1.82, 2.24) is 15.2 Å². The van der Waals surface area contributed by atoms with E-state index in [4.69, 9.17) is 17.3 Å². The van der Waals surface area contributed by atoms with Crippen LogP contribution in [0.4, 0.5) is 5.82 Å². The number of carbonyl (C=O) groups is 1. The van der Waals surface area contributed by atoms with Crippen LogP contribution < -0.4 is 11.1 Å². The summed E-state index contributed by atoms with van der Waals surface area (Å²) in [6.07, 6.45) is 5.34. The molecule has 1 aliphatic rings. The lowest BCUT2D eigenvalue weighted by atomic mass is 9.97. The van der Waals surface area contributed by atoms with Crippen LogP contribution in [0.25, 0.3) is 10.8 Å². The largest absolute Gasteiger partial charge is 0.383 e. The molecule has 5 nitrogen and oxygen atoms in total. The van der Waals surface area contributed by atoms with E-state index in [2.05, 4.69) is 28.3 Å². The number of aromatic nitrogens is 1. The SMILES string of the molecule is C.CN1CCC(CNCc2sc(C(=O)CCc3ccc4c(N)nccc4c3)cc2Cl)CC1. The first-order chi connectivity index (χ1) is 15.0. The first-order valence-electron chi connectivity index (χ1n) is 10.8. The number of piperidine rings is 1. The number of carbonyl (C=O) groups excluding carboxylic acids is 1. The molecule has 4 rings (SSSR count). The van der Waals surface area contributed by atoms with Crippen molar-refractivity contribution in [2.45, 2.75) is 39.7 Å². The predicted octanol–water partition coefficient (Wildman–Crippen LogP) is 5.41. The number of Topliss-reactive ketones (excluding diaryl/α,β-unsaturated/α-hetero) is 1. The van der Waals surface area contributed by atoms with Gasteiger partial charge in [-0.3, -0.25) is 4.79 Å². The quantitative estimate of drug-likeness (QED) is 0.428. The summed E-state index contributed by atoms with van der Waals surface area (Å²) in [5.41, 5.74) is 7.04. The number of nitrogen functional groups attached to an aromatic ring is 1. The molecule has 1 aliphatic heterocycles. The van der Waals surface area contributed by atoms with Gasteiger partial charge >= 0.3 is 0 Å². The summed E-state index contributed by atoms with van der Waals surface area (Å²) in [5.74, 6) is 1.40. The molecule has 2 aromatic heterocycles. The lowest BCUT2D eigenvalue weighted by molar-refractivity contribution is 0.0986. The average molecular weight is 473 g/mol. The minimum Gasteiger partial charge on any atom is -0.383 e. The van der Waals surface area contributed by atoms with Crippen molar-refractivity contribution < 1.29 is 4.79 Å². The maximum Gasteiger partial charge on any atom is 0.173 e. The average Bonchev–Trinajstić information content (AvgIpc) is 3.14. The molecule has 0 atom stereocenters. The Balaban J connectivity index is 0.00000289. The maximum atomic E-state index is 12.7. The lowest BCUT2D eigenvalue weighted by Crippen LogP contribution is -2.34. The van der Waals surface area contributed by atoms with Crippen molar-refractivity contribution in [2.24, 2.45) is 5.92 Å². The Morgan fingerprint density at radius 3 is 2.84 bits per heavy atom. The van der Waals surface area contributed by atoms with E-state index in [0.717, 1.165) is 45.1 Å². The molecule has 0 amide bonds. The third-order valence-electron chi connectivity index (χ3n) is 6.09. The van der Waals surface area contributed by atoms with Gasteiger partial charge in [-0.2, -0.15) is 0 Å². The molecule has 3 N–H and O–H groups in total. The van der Waals surface area contributed by atoms with E-state index in [0.29, 0.717) is 23.7 Å². The molecule has 0 radical (unpaired) electrons. The Morgan fingerprint density at radius 1 is 1.28 bits per heavy atom. The van der Waals surface area contributed by atoms with Gasteiger partial charge < -0.3 is 16.0 Å². The van der Waals surface area contributed by atoms with E-state index >= 15 is 0 Å². The standard InChI is InChI=1S/C24H29ClN4OS.CH4/c1-29-10-7-17(8-11-29)14-27-15-23-20(25)13-22(31-23)21(30)5-3-16-2-4-19-18(12-16)6-9-28-24(19)26;/h2,4,6,9,12-13,17,27H,3,5,7-8,10-11,14-15H2,1H3,(H2,26,28);1H4. The first-order valence-corrected chi connectivity index (χ1v) is 12.0. The summed E-state index contributed by atoms with van der Waals surface area (Å²) in [6.45, 7) is 4.08. The zero-order valence-corrected chi connectivity index (χ0v) is 19.4. The van der Waals surface area contributed by atoms with Crippen molar-refractivity contribution in [2.75, 3.05) is 32.4 Å². The number of rotatable bonds is 8. The molecular weight excluding hydrogens is 440 g/mol. The molecule has 7 heteroatoms. The summed E-state index contributed by atoms with van der Waals surface area (Å²) in [4.78, 5) is 21.0. The third kappa shape index (κ3) is 6.07. The number of fused-ring (bicyclic) bond motifs is 1. The van der Waals surface area contributed by atoms with Crippen LogP contribution in [-0.2, 0) is 13.0 Å². The number of nitrogens with zero attached hydrogens (tertiary/aromatic N) is 2. The molecule has 0 bridgehead atoms. The fraction of sp³-hybridized carbons (Fsp3) is 0.440. The van der Waals surface area contributed by atoms with Gasteiger partial charge in [0.1, 0.15) is 5.82 Å². The van der Waals surface area contributed by atoms with Crippen LogP contribution >= 0.6 is 22.9 Å². The van der Waals surface area contributed by atoms with Crippen LogP contribution in [0.3, 0.4) is 0 Å². The van der Waals surface area contributed by atoms with Crippen molar-refractivity contribution in [3.63, 3.8) is 0 Å². The van der Waals surface area contributed by atoms with E-state index in [1.54, 1.807) is 6.20 Å². The number of halogens is 1. The molecule has 0 saturated carbocycles. The number of thiophene rings is 1. The molecule has 1 fully saturated rings. The van der Waals surface area contributed by atoms with Gasteiger partial charge in [-0.05, 0) is 74.9 Å². The number of hydrogen-bond donors (Lipinski definition) is 2. The number of pyridine rings is 1. The fourth-order valence-corrected chi connectivity index (χ4v) is 5.45. The molecular formula is C25H33ClN4OS. The number of likely N-dealkylation sites (tertiary alicyclic amines) is 1. The molecule has 32 heavy (non-hydrogen) atoms. The Hall–Kier alpha value is -1.99. The van der Waals surface area contributed by atoms with Crippen LogP contribution in [0.1, 0.15) is 46.8 Å². The number of aryl methyl sites for hydroxylation is 1. The van der Waals surface area contributed by atoms with Gasteiger partial charge in [0.15, 0.2) is 5.78 Å². The Bertz CT molecular complexity index is 1060. The minimum atomic E-state index is 0. The zero-order chi connectivity index (χ0) is 21.8. The number of anilines is 1. The van der Waals surface area contributed by atoms with Crippen LogP contribution in [0.15, 0.2) is 36.5 Å². The smallest absolute Gasteiger partial charge is 0.173 e. The monoisotopic (exact) mass is 472 g/mol. The minimum absolute atomic E-state index is 0. The molecule has 1 saturated heterocycles. The van der Waals surface area contributed by atoms with Gasteiger partial charge in [-0.25, -0.2) is 4.98 Å². The van der Waals surface area contributed by atoms with Crippen molar-refractivity contribution in [1.29, 1.82) is 0 Å². The second-order valence-corrected chi connectivity index (χ2v) is 9.98. The summed E-state index contributed by atoms with van der Waals surface area (Å²) < 4.78 is 0. The zero-order valence-electron chi connectivity index (χ0n) is 17.9. The van der Waals surface area contributed by atoms with E-state index in [1.165, 1.54) is 37.3 Å². The molecule has 0 unspecified atom stereocenters. The number of hydrogen-bond acceptors (Lipinski definition) is 6. The van der Waals surface area contributed by atoms with E-state index in [1.807, 2.05) is 24.3 Å². The van der Waals surface area contributed by atoms with Crippen LogP contribution in [-0.4, -0.2) is 42.3 Å². The second-order valence-electron chi connectivity index (χ2n) is 8.43. The van der Waals surface area contributed by atoms with Crippen molar-refractivity contribution >= 4 is 45.3 Å². The highest BCUT2D eigenvalue weighted by molar-refractivity contribution is 7.14. The first kappa shape index (κ1) is 24.6. The van der Waals surface area contributed by atoms with Gasteiger partial charge in [-0.15, -0.1) is 11.3 Å². The Kier molecular flexibility index (Phi) is 8.65. The topological polar surface area (TPSA) is 71.2 Å². The highest BCUT2D eigenvalue weighted by atomic mass is 35.5. The Morgan fingerprint density at radius 2 is 2.06 bits per heavy atom. The molecule has 1 aromatic carbocycles. The molecule has 3 heterocycles. The third-order valence-corrected chi connectivity index (χ3v) is 7.71. The maximum absolute atomic E-state index is 12.7. The normalized spacial score (nSPS) is 15.1. The van der Waals surface area contributed by atoms with E-state index in [-0.39, 0.29) is 13.2 Å². The highest BCUT2D eigenvalue weighted by Crippen LogP contribution is 2.29. The number of nitrogens with two attached hydrogens (primary N) is 1. The second kappa shape index (κ2) is 11.2. The van der Waals surface area contributed by atoms with Gasteiger partial charge in [-0.1, -0.05) is 37.2 Å². The van der Waals surface area contributed by atoms with Crippen molar-refractivity contribution in [3.8, 4) is 0 Å². The molecule has 3 aromatic rings. The van der Waals surface area contributed by atoms with Gasteiger partial charge in [0.2, 0.25) is 0 Å². The molecule has 172 valence electrons. The molecule has 0 aliphatic carbocycles. The van der Waals surface area contributed by atoms with Gasteiger partial charge in [0.25, 0.3) is 0 Å². The summed E-state index contributed by atoms with van der Waals surface area (Å²) in [5, 5.41) is 6.23. The summed E-state index contributed by atoms with van der Waals surface area (Å²) >= 11 is 7.94.